The zero-order chi connectivity index (χ0) is 26.3. The van der Waals surface area contributed by atoms with Gasteiger partial charge in [0.15, 0.2) is 0 Å². The molecule has 0 radical (unpaired) electrons. The van der Waals surface area contributed by atoms with Crippen molar-refractivity contribution in [2.45, 2.75) is 91.2 Å². The summed E-state index contributed by atoms with van der Waals surface area (Å²) in [7, 11) is 0. The summed E-state index contributed by atoms with van der Waals surface area (Å²) in [5, 5.41) is 5.54. The number of rotatable bonds is 15. The summed E-state index contributed by atoms with van der Waals surface area (Å²) in [4.78, 5) is 40.5. The van der Waals surface area contributed by atoms with Crippen LogP contribution in [0.25, 0.3) is 6.08 Å². The number of ether oxygens (including phenoxy) is 1. The number of benzene rings is 1. The minimum Gasteiger partial charge on any atom is -0.444 e. The van der Waals surface area contributed by atoms with Crippen molar-refractivity contribution >= 4 is 24.0 Å². The molecule has 0 saturated carbocycles. The molecule has 0 aromatic heterocycles. The molecular weight excluding hydrogens is 442 g/mol. The first-order chi connectivity index (χ1) is 16.6. The quantitative estimate of drug-likeness (QED) is 0.315. The smallest absolute Gasteiger partial charge is 0.408 e. The Kier molecular flexibility index (Phi) is 13.8. The highest BCUT2D eigenvalue weighted by Crippen LogP contribution is 2.24. The monoisotopic (exact) mass is 487 g/mol. The first kappa shape index (κ1) is 30.2. The molecule has 0 aliphatic rings. The average molecular weight is 488 g/mol. The van der Waals surface area contributed by atoms with E-state index in [0.29, 0.717) is 13.1 Å². The maximum absolute atomic E-state index is 13.4. The van der Waals surface area contributed by atoms with Gasteiger partial charge >= 0.3 is 6.09 Å². The predicted molar refractivity (Wildman–Crippen MR) is 142 cm³/mol. The number of nitrogens with one attached hydrogen (secondary N) is 2. The molecule has 196 valence electrons. The molecule has 0 spiro atoms. The summed E-state index contributed by atoms with van der Waals surface area (Å²) in [6, 6.07) is 6.71. The van der Waals surface area contributed by atoms with Crippen molar-refractivity contribution in [3.63, 3.8) is 0 Å². The highest BCUT2D eigenvalue weighted by atomic mass is 16.6. The lowest BCUT2D eigenvalue weighted by Crippen LogP contribution is -2.48. The summed E-state index contributed by atoms with van der Waals surface area (Å²) in [6.07, 6.45) is 7.95. The van der Waals surface area contributed by atoms with Crippen molar-refractivity contribution in [1.82, 2.24) is 15.5 Å². The fourth-order valence-electron chi connectivity index (χ4n) is 3.66. The van der Waals surface area contributed by atoms with Gasteiger partial charge in [0, 0.05) is 13.1 Å². The van der Waals surface area contributed by atoms with E-state index in [4.69, 9.17) is 4.74 Å². The third-order valence-corrected chi connectivity index (χ3v) is 5.46. The van der Waals surface area contributed by atoms with Crippen LogP contribution in [0.5, 0.6) is 0 Å². The van der Waals surface area contributed by atoms with E-state index in [1.807, 2.05) is 24.3 Å². The van der Waals surface area contributed by atoms with Crippen molar-refractivity contribution in [3.05, 3.63) is 42.0 Å². The maximum atomic E-state index is 13.4. The molecular formula is C28H45N3O4. The maximum Gasteiger partial charge on any atom is 0.408 e. The van der Waals surface area contributed by atoms with Crippen molar-refractivity contribution in [2.75, 3.05) is 19.6 Å². The van der Waals surface area contributed by atoms with Crippen molar-refractivity contribution in [3.8, 4) is 0 Å². The Bertz CT molecular complexity index is 817. The fraction of sp³-hybridized carbons (Fsp3) is 0.607. The summed E-state index contributed by atoms with van der Waals surface area (Å²) < 4.78 is 5.27. The van der Waals surface area contributed by atoms with Gasteiger partial charge < -0.3 is 20.3 Å². The highest BCUT2D eigenvalue weighted by molar-refractivity contribution is 5.90. The molecule has 1 aromatic rings. The molecule has 1 atom stereocenters. The Morgan fingerprint density at radius 1 is 1.03 bits per heavy atom. The topological polar surface area (TPSA) is 87.7 Å². The van der Waals surface area contributed by atoms with Gasteiger partial charge in [-0.25, -0.2) is 4.79 Å². The standard InChI is InChI=1S/C28H45N3O4/c1-7-10-12-13-14-19-31(24(32)21-30-27(34)35-28(4,5)6)25(26(33)29-18-11-8-2)23-17-15-16-22(9-3)20-23/h9,15-17,20,25H,3,7-8,10-14,18-19,21H2,1-2,4-6H3,(H,29,33)(H,30,34). The SMILES string of the molecule is C=Cc1cccc(C(C(=O)NCCCC)N(CCCCCCC)C(=O)CNC(=O)OC(C)(C)C)c1. The largest absolute Gasteiger partial charge is 0.444 e. The summed E-state index contributed by atoms with van der Waals surface area (Å²) in [6.45, 7) is 14.1. The van der Waals surface area contributed by atoms with Crippen LogP contribution in [-0.4, -0.2) is 48.0 Å². The second kappa shape index (κ2) is 16.0. The molecule has 0 aliphatic carbocycles. The van der Waals surface area contributed by atoms with Gasteiger partial charge in [0.2, 0.25) is 11.8 Å². The molecule has 7 heteroatoms. The van der Waals surface area contributed by atoms with Gasteiger partial charge in [0.25, 0.3) is 0 Å². The average Bonchev–Trinajstić information content (AvgIpc) is 2.80. The van der Waals surface area contributed by atoms with E-state index in [0.717, 1.165) is 56.1 Å². The molecule has 35 heavy (non-hydrogen) atoms. The summed E-state index contributed by atoms with van der Waals surface area (Å²) >= 11 is 0. The molecule has 0 fully saturated rings. The number of amides is 3. The lowest BCUT2D eigenvalue weighted by Gasteiger charge is -2.32. The Labute approximate surface area is 211 Å². The predicted octanol–water partition coefficient (Wildman–Crippen LogP) is 5.61. The van der Waals surface area contributed by atoms with E-state index in [9.17, 15) is 14.4 Å². The van der Waals surface area contributed by atoms with E-state index >= 15 is 0 Å². The van der Waals surface area contributed by atoms with Crippen LogP contribution >= 0.6 is 0 Å². The highest BCUT2D eigenvalue weighted by Gasteiger charge is 2.31. The Hall–Kier alpha value is -2.83. The van der Waals surface area contributed by atoms with Crippen LogP contribution in [0.1, 0.15) is 96.7 Å². The Balaban J connectivity index is 3.18. The van der Waals surface area contributed by atoms with Gasteiger partial charge in [-0.15, -0.1) is 0 Å². The van der Waals surface area contributed by atoms with Gasteiger partial charge in [-0.2, -0.15) is 0 Å². The molecule has 0 bridgehead atoms. The number of unbranched alkanes of at least 4 members (excludes halogenated alkanes) is 5. The van der Waals surface area contributed by atoms with Crippen LogP contribution in [0.4, 0.5) is 4.79 Å². The van der Waals surface area contributed by atoms with E-state index in [1.165, 1.54) is 0 Å². The number of carbonyl (C=O) groups is 3. The van der Waals surface area contributed by atoms with Crippen molar-refractivity contribution in [2.24, 2.45) is 0 Å². The van der Waals surface area contributed by atoms with E-state index in [2.05, 4.69) is 31.1 Å². The second-order valence-corrected chi connectivity index (χ2v) is 9.78. The number of nitrogens with zero attached hydrogens (tertiary/aromatic N) is 1. The van der Waals surface area contributed by atoms with Crippen LogP contribution in [0.15, 0.2) is 30.8 Å². The molecule has 1 rings (SSSR count). The summed E-state index contributed by atoms with van der Waals surface area (Å²) in [5.74, 6) is -0.551. The van der Waals surface area contributed by atoms with Gasteiger partial charge in [-0.3, -0.25) is 9.59 Å². The molecule has 3 amide bonds. The van der Waals surface area contributed by atoms with E-state index in [1.54, 1.807) is 31.7 Å². The molecule has 7 nitrogen and oxygen atoms in total. The Morgan fingerprint density at radius 2 is 1.71 bits per heavy atom. The Morgan fingerprint density at radius 3 is 2.34 bits per heavy atom. The minimum atomic E-state index is -0.800. The molecule has 2 N–H and O–H groups in total. The van der Waals surface area contributed by atoms with Gasteiger partial charge in [-0.1, -0.05) is 76.8 Å². The van der Waals surface area contributed by atoms with Gasteiger partial charge in [0.05, 0.1) is 0 Å². The number of carbonyl (C=O) groups excluding carboxylic acids is 3. The van der Waals surface area contributed by atoms with E-state index in [-0.39, 0.29) is 18.4 Å². The number of hydrogen-bond donors (Lipinski definition) is 2. The lowest BCUT2D eigenvalue weighted by atomic mass is 10.0. The van der Waals surface area contributed by atoms with Crippen molar-refractivity contribution < 1.29 is 19.1 Å². The third-order valence-electron chi connectivity index (χ3n) is 5.46. The molecule has 0 saturated heterocycles. The molecule has 1 aromatic carbocycles. The van der Waals surface area contributed by atoms with Crippen LogP contribution in [0.2, 0.25) is 0 Å². The van der Waals surface area contributed by atoms with Gasteiger partial charge in [-0.05, 0) is 50.8 Å². The first-order valence-electron chi connectivity index (χ1n) is 12.9. The number of hydrogen-bond acceptors (Lipinski definition) is 4. The summed E-state index contributed by atoms with van der Waals surface area (Å²) in [5.41, 5.74) is 0.922. The fourth-order valence-corrected chi connectivity index (χ4v) is 3.66. The lowest BCUT2D eigenvalue weighted by molar-refractivity contribution is -0.140. The van der Waals surface area contributed by atoms with Gasteiger partial charge in [0.1, 0.15) is 18.2 Å². The molecule has 0 aliphatic heterocycles. The molecule has 1 unspecified atom stereocenters. The van der Waals surface area contributed by atoms with Crippen molar-refractivity contribution in [1.29, 1.82) is 0 Å². The normalized spacial score (nSPS) is 11.9. The second-order valence-electron chi connectivity index (χ2n) is 9.78. The minimum absolute atomic E-state index is 0.223. The van der Waals surface area contributed by atoms with E-state index < -0.39 is 17.7 Å². The third kappa shape index (κ3) is 11.9. The zero-order valence-corrected chi connectivity index (χ0v) is 22.3. The number of alkyl carbamates (subject to hydrolysis) is 1. The van der Waals surface area contributed by atoms with Crippen LogP contribution < -0.4 is 10.6 Å². The van der Waals surface area contributed by atoms with Crippen LogP contribution in [0, 0.1) is 0 Å². The zero-order valence-electron chi connectivity index (χ0n) is 22.3. The van der Waals surface area contributed by atoms with Crippen LogP contribution in [-0.2, 0) is 14.3 Å². The van der Waals surface area contributed by atoms with Crippen LogP contribution in [0.3, 0.4) is 0 Å². The first-order valence-corrected chi connectivity index (χ1v) is 12.9. The molecule has 0 heterocycles.